The molecule has 1 N–H and O–H groups in total. The van der Waals surface area contributed by atoms with Crippen molar-refractivity contribution >= 4 is 5.69 Å². The number of rotatable bonds is 7. The van der Waals surface area contributed by atoms with Gasteiger partial charge in [-0.05, 0) is 49.9 Å². The number of nitrogens with zero attached hydrogens (tertiary/aromatic N) is 2. The summed E-state index contributed by atoms with van der Waals surface area (Å²) in [5.74, 6) is 0. The number of aryl methyl sites for hydroxylation is 3. The molecule has 160 valence electrons. The Morgan fingerprint density at radius 2 is 1.39 bits per heavy atom. The lowest BCUT2D eigenvalue weighted by Gasteiger charge is -2.30. The smallest absolute Gasteiger partial charge is 0.0942 e. The molecule has 0 radical (unpaired) electrons. The molecule has 1 aliphatic rings. The molecule has 2 atom stereocenters. The standard InChI is InChI=1S/C28H33N3/c1-21-17-22(2)28(23(3)18-21)31-16-15-30(20-31)19-27(26-13-9-6-10-14-26)29-24(4)25-11-7-5-8-12-25/h5-18,24,27,29H,19-20H2,1-4H3/t24-,27+/m0/s1. The summed E-state index contributed by atoms with van der Waals surface area (Å²) in [6.45, 7) is 10.6. The van der Waals surface area contributed by atoms with Gasteiger partial charge in [0.2, 0.25) is 0 Å². The molecule has 3 aromatic carbocycles. The first kappa shape index (κ1) is 21.2. The average molecular weight is 412 g/mol. The van der Waals surface area contributed by atoms with Crippen LogP contribution in [-0.2, 0) is 0 Å². The van der Waals surface area contributed by atoms with Crippen molar-refractivity contribution in [1.82, 2.24) is 10.2 Å². The van der Waals surface area contributed by atoms with Gasteiger partial charge < -0.3 is 15.1 Å². The second-order valence-corrected chi connectivity index (χ2v) is 8.69. The fraction of sp³-hybridized carbons (Fsp3) is 0.286. The van der Waals surface area contributed by atoms with E-state index < -0.39 is 0 Å². The molecule has 0 saturated heterocycles. The maximum absolute atomic E-state index is 3.87. The molecule has 0 unspecified atom stereocenters. The Labute approximate surface area is 187 Å². The molecule has 31 heavy (non-hydrogen) atoms. The van der Waals surface area contributed by atoms with E-state index in [1.165, 1.54) is 33.5 Å². The van der Waals surface area contributed by atoms with Gasteiger partial charge in [-0.25, -0.2) is 0 Å². The SMILES string of the molecule is Cc1cc(C)c(N2C=CN(C[C@@H](N[C@@H](C)c3ccccc3)c3ccccc3)C2)c(C)c1. The molecule has 1 heterocycles. The van der Waals surface area contributed by atoms with Crippen LogP contribution in [0.2, 0.25) is 0 Å². The molecule has 0 bridgehead atoms. The fourth-order valence-corrected chi connectivity index (χ4v) is 4.67. The molecule has 0 fully saturated rings. The minimum absolute atomic E-state index is 0.237. The lowest BCUT2D eigenvalue weighted by Crippen LogP contribution is -2.35. The zero-order valence-corrected chi connectivity index (χ0v) is 19.0. The van der Waals surface area contributed by atoms with E-state index in [0.717, 1.165) is 13.2 Å². The van der Waals surface area contributed by atoms with Crippen LogP contribution >= 0.6 is 0 Å². The van der Waals surface area contributed by atoms with E-state index in [2.05, 4.69) is 128 Å². The van der Waals surface area contributed by atoms with Crippen LogP contribution in [0.3, 0.4) is 0 Å². The molecular formula is C28H33N3. The summed E-state index contributed by atoms with van der Waals surface area (Å²) < 4.78 is 0. The predicted molar refractivity (Wildman–Crippen MR) is 131 cm³/mol. The van der Waals surface area contributed by atoms with E-state index in [4.69, 9.17) is 0 Å². The van der Waals surface area contributed by atoms with Crippen molar-refractivity contribution in [2.24, 2.45) is 0 Å². The van der Waals surface area contributed by atoms with Crippen LogP contribution in [0, 0.1) is 20.8 Å². The highest BCUT2D eigenvalue weighted by Gasteiger charge is 2.22. The maximum Gasteiger partial charge on any atom is 0.0942 e. The molecule has 4 rings (SSSR count). The van der Waals surface area contributed by atoms with Gasteiger partial charge in [-0.3, -0.25) is 0 Å². The van der Waals surface area contributed by atoms with E-state index in [1.54, 1.807) is 0 Å². The van der Waals surface area contributed by atoms with Gasteiger partial charge in [-0.1, -0.05) is 78.4 Å². The summed E-state index contributed by atoms with van der Waals surface area (Å²) in [5, 5.41) is 3.87. The Morgan fingerprint density at radius 3 is 2.00 bits per heavy atom. The van der Waals surface area contributed by atoms with Crippen molar-refractivity contribution in [3.05, 3.63) is 113 Å². The summed E-state index contributed by atoms with van der Waals surface area (Å²) >= 11 is 0. The number of hydrogen-bond donors (Lipinski definition) is 1. The van der Waals surface area contributed by atoms with Crippen LogP contribution in [-0.4, -0.2) is 18.1 Å². The lowest BCUT2D eigenvalue weighted by molar-refractivity contribution is 0.326. The third-order valence-corrected chi connectivity index (χ3v) is 6.08. The van der Waals surface area contributed by atoms with Gasteiger partial charge >= 0.3 is 0 Å². The van der Waals surface area contributed by atoms with Gasteiger partial charge in [0.15, 0.2) is 0 Å². The van der Waals surface area contributed by atoms with Crippen molar-refractivity contribution in [3.63, 3.8) is 0 Å². The summed E-state index contributed by atoms with van der Waals surface area (Å²) in [6, 6.07) is 26.5. The van der Waals surface area contributed by atoms with Gasteiger partial charge in [0.1, 0.15) is 0 Å². The van der Waals surface area contributed by atoms with Gasteiger partial charge in [-0.2, -0.15) is 0 Å². The molecule has 1 aliphatic heterocycles. The summed E-state index contributed by atoms with van der Waals surface area (Å²) in [7, 11) is 0. The number of benzene rings is 3. The quantitative estimate of drug-likeness (QED) is 0.495. The number of hydrogen-bond acceptors (Lipinski definition) is 3. The Morgan fingerprint density at radius 1 is 0.806 bits per heavy atom. The second kappa shape index (κ2) is 9.40. The van der Waals surface area contributed by atoms with Gasteiger partial charge in [-0.15, -0.1) is 0 Å². The summed E-state index contributed by atoms with van der Waals surface area (Å²) in [4.78, 5) is 4.77. The molecule has 0 aromatic heterocycles. The normalized spacial score (nSPS) is 15.4. The molecular weight excluding hydrogens is 378 g/mol. The van der Waals surface area contributed by atoms with E-state index >= 15 is 0 Å². The van der Waals surface area contributed by atoms with Crippen LogP contribution in [0.15, 0.2) is 85.2 Å². The van der Waals surface area contributed by atoms with Crippen molar-refractivity contribution < 1.29 is 0 Å². The molecule has 3 heteroatoms. The van der Waals surface area contributed by atoms with Crippen LogP contribution in [0.4, 0.5) is 5.69 Å². The van der Waals surface area contributed by atoms with E-state index in [9.17, 15) is 0 Å². The van der Waals surface area contributed by atoms with Crippen LogP contribution in [0.25, 0.3) is 0 Å². The lowest BCUT2D eigenvalue weighted by atomic mass is 10.0. The minimum Gasteiger partial charge on any atom is -0.356 e. The third-order valence-electron chi connectivity index (χ3n) is 6.08. The Balaban J connectivity index is 1.50. The predicted octanol–water partition coefficient (Wildman–Crippen LogP) is 6.25. The minimum atomic E-state index is 0.237. The zero-order chi connectivity index (χ0) is 21.8. The molecule has 0 amide bonds. The van der Waals surface area contributed by atoms with Crippen molar-refractivity contribution in [3.8, 4) is 0 Å². The maximum atomic E-state index is 3.87. The fourth-order valence-electron chi connectivity index (χ4n) is 4.67. The highest BCUT2D eigenvalue weighted by Crippen LogP contribution is 2.30. The number of nitrogens with one attached hydrogen (secondary N) is 1. The van der Waals surface area contributed by atoms with Gasteiger partial charge in [0.05, 0.1) is 12.7 Å². The van der Waals surface area contributed by atoms with Crippen molar-refractivity contribution in [2.45, 2.75) is 39.8 Å². The number of anilines is 1. The van der Waals surface area contributed by atoms with E-state index in [1.807, 2.05) is 0 Å². The Kier molecular flexibility index (Phi) is 6.43. The van der Waals surface area contributed by atoms with E-state index in [0.29, 0.717) is 0 Å². The monoisotopic (exact) mass is 411 g/mol. The van der Waals surface area contributed by atoms with Crippen molar-refractivity contribution in [2.75, 3.05) is 18.1 Å². The van der Waals surface area contributed by atoms with Crippen LogP contribution in [0.5, 0.6) is 0 Å². The third kappa shape index (κ3) is 5.00. The molecule has 0 saturated carbocycles. The zero-order valence-electron chi connectivity index (χ0n) is 19.0. The first-order chi connectivity index (χ1) is 15.0. The first-order valence-corrected chi connectivity index (χ1v) is 11.1. The molecule has 3 aromatic rings. The Hall–Kier alpha value is -3.04. The second-order valence-electron chi connectivity index (χ2n) is 8.69. The Bertz CT molecular complexity index is 1000. The molecule has 0 aliphatic carbocycles. The molecule has 3 nitrogen and oxygen atoms in total. The van der Waals surface area contributed by atoms with Gasteiger partial charge in [0.25, 0.3) is 0 Å². The van der Waals surface area contributed by atoms with Crippen LogP contribution < -0.4 is 10.2 Å². The first-order valence-electron chi connectivity index (χ1n) is 11.1. The highest BCUT2D eigenvalue weighted by molar-refractivity contribution is 5.62. The molecule has 0 spiro atoms. The largest absolute Gasteiger partial charge is 0.356 e. The van der Waals surface area contributed by atoms with Crippen molar-refractivity contribution in [1.29, 1.82) is 0 Å². The van der Waals surface area contributed by atoms with Gasteiger partial charge in [0, 0.05) is 30.7 Å². The van der Waals surface area contributed by atoms with Crippen LogP contribution in [0.1, 0.15) is 46.8 Å². The summed E-state index contributed by atoms with van der Waals surface area (Å²) in [6.07, 6.45) is 4.44. The average Bonchev–Trinajstić information content (AvgIpc) is 3.21. The topological polar surface area (TPSA) is 18.5 Å². The summed E-state index contributed by atoms with van der Waals surface area (Å²) in [5.41, 5.74) is 7.94. The highest BCUT2D eigenvalue weighted by atomic mass is 15.3. The van der Waals surface area contributed by atoms with E-state index in [-0.39, 0.29) is 12.1 Å².